The largest absolute Gasteiger partial charge is 0.505 e. The van der Waals surface area contributed by atoms with Crippen LogP contribution in [0.25, 0.3) is 0 Å². The quantitative estimate of drug-likeness (QED) is 0.920. The fourth-order valence-electron chi connectivity index (χ4n) is 3.47. The Morgan fingerprint density at radius 3 is 2.75 bits per heavy atom. The lowest BCUT2D eigenvalue weighted by molar-refractivity contribution is 0.161. The third kappa shape index (κ3) is 2.96. The fraction of sp³-hybridized carbons (Fsp3) is 0.625. The summed E-state index contributed by atoms with van der Waals surface area (Å²) in [7, 11) is 0. The van der Waals surface area contributed by atoms with E-state index in [0.717, 1.165) is 13.1 Å². The van der Waals surface area contributed by atoms with Crippen LogP contribution in [0.5, 0.6) is 5.75 Å². The summed E-state index contributed by atoms with van der Waals surface area (Å²) in [4.78, 5) is 4.93. The van der Waals surface area contributed by atoms with Gasteiger partial charge in [0, 0.05) is 31.2 Å². The first-order valence-electron chi connectivity index (χ1n) is 7.67. The molecule has 2 fully saturated rings. The monoisotopic (exact) mass is 278 g/mol. The highest BCUT2D eigenvalue weighted by Crippen LogP contribution is 2.26. The van der Waals surface area contributed by atoms with Crippen molar-refractivity contribution < 1.29 is 9.50 Å². The van der Waals surface area contributed by atoms with Crippen molar-refractivity contribution in [2.24, 2.45) is 0 Å². The van der Waals surface area contributed by atoms with E-state index >= 15 is 0 Å². The molecule has 3 rings (SSSR count). The van der Waals surface area contributed by atoms with E-state index in [2.05, 4.69) is 9.80 Å². The van der Waals surface area contributed by atoms with E-state index in [-0.39, 0.29) is 5.75 Å². The second-order valence-electron chi connectivity index (χ2n) is 6.02. The molecule has 20 heavy (non-hydrogen) atoms. The van der Waals surface area contributed by atoms with E-state index in [4.69, 9.17) is 0 Å². The maximum atomic E-state index is 13.3. The van der Waals surface area contributed by atoms with Crippen LogP contribution in [-0.2, 0) is 6.54 Å². The number of para-hydroxylation sites is 1. The molecule has 0 spiro atoms. The van der Waals surface area contributed by atoms with Crippen LogP contribution in [0, 0.1) is 5.82 Å². The van der Waals surface area contributed by atoms with Gasteiger partial charge in [-0.3, -0.25) is 9.80 Å². The van der Waals surface area contributed by atoms with Crippen molar-refractivity contribution in [1.82, 2.24) is 9.80 Å². The topological polar surface area (TPSA) is 26.7 Å². The molecule has 1 aromatic rings. The Labute approximate surface area is 120 Å². The molecule has 2 saturated heterocycles. The molecule has 1 atom stereocenters. The Kier molecular flexibility index (Phi) is 4.22. The normalized spacial score (nSPS) is 25.1. The Morgan fingerprint density at radius 2 is 1.95 bits per heavy atom. The minimum Gasteiger partial charge on any atom is -0.505 e. The van der Waals surface area contributed by atoms with Gasteiger partial charge in [0.25, 0.3) is 0 Å². The van der Waals surface area contributed by atoms with E-state index in [9.17, 15) is 9.50 Å². The van der Waals surface area contributed by atoms with Crippen molar-refractivity contribution in [3.8, 4) is 5.75 Å². The number of phenols is 1. The van der Waals surface area contributed by atoms with Gasteiger partial charge in [0.2, 0.25) is 0 Å². The highest BCUT2D eigenvalue weighted by molar-refractivity contribution is 5.33. The molecule has 0 aliphatic carbocycles. The van der Waals surface area contributed by atoms with Gasteiger partial charge in [-0.05, 0) is 38.4 Å². The number of halogens is 1. The van der Waals surface area contributed by atoms with Crippen LogP contribution in [-0.4, -0.2) is 47.1 Å². The van der Waals surface area contributed by atoms with E-state index in [0.29, 0.717) is 18.2 Å². The second kappa shape index (κ2) is 6.10. The SMILES string of the molecule is Oc1c(F)cccc1CN1CCC(N2CCCCC2)C1. The number of piperidine rings is 1. The summed E-state index contributed by atoms with van der Waals surface area (Å²) < 4.78 is 13.3. The van der Waals surface area contributed by atoms with Crippen LogP contribution in [0.4, 0.5) is 4.39 Å². The Morgan fingerprint density at radius 1 is 1.15 bits per heavy atom. The summed E-state index contributed by atoms with van der Waals surface area (Å²) in [5.41, 5.74) is 0.698. The molecule has 2 aliphatic heterocycles. The molecule has 110 valence electrons. The summed E-state index contributed by atoms with van der Waals surface area (Å²) in [6.45, 7) is 5.18. The van der Waals surface area contributed by atoms with Crippen molar-refractivity contribution in [2.75, 3.05) is 26.2 Å². The molecule has 4 heteroatoms. The van der Waals surface area contributed by atoms with E-state index in [1.54, 1.807) is 6.07 Å². The van der Waals surface area contributed by atoms with Gasteiger partial charge in [0.1, 0.15) is 0 Å². The first kappa shape index (κ1) is 13.8. The molecule has 0 bridgehead atoms. The zero-order valence-corrected chi connectivity index (χ0v) is 11.9. The summed E-state index contributed by atoms with van der Waals surface area (Å²) in [6.07, 6.45) is 5.20. The molecule has 3 nitrogen and oxygen atoms in total. The summed E-state index contributed by atoms with van der Waals surface area (Å²) >= 11 is 0. The Bertz CT molecular complexity index is 460. The maximum Gasteiger partial charge on any atom is 0.165 e. The molecule has 0 radical (unpaired) electrons. The average molecular weight is 278 g/mol. The van der Waals surface area contributed by atoms with Gasteiger partial charge < -0.3 is 5.11 Å². The second-order valence-corrected chi connectivity index (χ2v) is 6.02. The lowest BCUT2D eigenvalue weighted by Gasteiger charge is -2.32. The zero-order chi connectivity index (χ0) is 13.9. The van der Waals surface area contributed by atoms with Gasteiger partial charge >= 0.3 is 0 Å². The molecule has 2 aliphatic rings. The number of phenolic OH excluding ortho intramolecular Hbond substituents is 1. The summed E-state index contributed by atoms with van der Waals surface area (Å²) in [5.74, 6) is -0.705. The number of likely N-dealkylation sites (tertiary alicyclic amines) is 2. The van der Waals surface area contributed by atoms with Crippen molar-refractivity contribution >= 4 is 0 Å². The van der Waals surface area contributed by atoms with Crippen LogP contribution >= 0.6 is 0 Å². The summed E-state index contributed by atoms with van der Waals surface area (Å²) in [5, 5.41) is 9.76. The summed E-state index contributed by atoms with van der Waals surface area (Å²) in [6, 6.07) is 5.43. The van der Waals surface area contributed by atoms with Crippen molar-refractivity contribution in [3.63, 3.8) is 0 Å². The molecule has 0 saturated carbocycles. The highest BCUT2D eigenvalue weighted by atomic mass is 19.1. The highest BCUT2D eigenvalue weighted by Gasteiger charge is 2.28. The maximum absolute atomic E-state index is 13.3. The van der Waals surface area contributed by atoms with Crippen molar-refractivity contribution in [3.05, 3.63) is 29.6 Å². The van der Waals surface area contributed by atoms with E-state index in [1.807, 2.05) is 6.07 Å². The number of rotatable bonds is 3. The standard InChI is InChI=1S/C16H23FN2O/c17-15-6-4-5-13(16(15)20)11-18-10-7-14(12-18)19-8-2-1-3-9-19/h4-6,14,20H,1-3,7-12H2. The smallest absolute Gasteiger partial charge is 0.165 e. The van der Waals surface area contributed by atoms with Crippen LogP contribution < -0.4 is 0 Å². The predicted octanol–water partition coefficient (Wildman–Crippen LogP) is 2.59. The molecular formula is C16H23FN2O. The van der Waals surface area contributed by atoms with Gasteiger partial charge in [0.15, 0.2) is 11.6 Å². The number of hydrogen-bond donors (Lipinski definition) is 1. The molecule has 0 amide bonds. The van der Waals surface area contributed by atoms with Crippen LogP contribution in [0.15, 0.2) is 18.2 Å². The van der Waals surface area contributed by atoms with E-state index < -0.39 is 5.82 Å². The Balaban J connectivity index is 1.58. The van der Waals surface area contributed by atoms with Gasteiger partial charge in [-0.25, -0.2) is 4.39 Å². The molecule has 2 heterocycles. The fourth-order valence-corrected chi connectivity index (χ4v) is 3.47. The van der Waals surface area contributed by atoms with E-state index in [1.165, 1.54) is 44.8 Å². The van der Waals surface area contributed by atoms with Gasteiger partial charge in [0.05, 0.1) is 0 Å². The third-order valence-electron chi connectivity index (χ3n) is 4.62. The van der Waals surface area contributed by atoms with Crippen molar-refractivity contribution in [1.29, 1.82) is 0 Å². The minimum absolute atomic E-state index is 0.186. The van der Waals surface area contributed by atoms with Crippen LogP contribution in [0.2, 0.25) is 0 Å². The zero-order valence-electron chi connectivity index (χ0n) is 11.9. The minimum atomic E-state index is -0.519. The van der Waals surface area contributed by atoms with Gasteiger partial charge in [-0.2, -0.15) is 0 Å². The molecule has 1 N–H and O–H groups in total. The Hall–Kier alpha value is -1.13. The predicted molar refractivity (Wildman–Crippen MR) is 77.2 cm³/mol. The number of benzene rings is 1. The molecule has 0 aromatic heterocycles. The lowest BCUT2D eigenvalue weighted by Crippen LogP contribution is -2.40. The van der Waals surface area contributed by atoms with Crippen molar-refractivity contribution in [2.45, 2.75) is 38.3 Å². The first-order chi connectivity index (χ1) is 9.74. The van der Waals surface area contributed by atoms with Crippen LogP contribution in [0.1, 0.15) is 31.2 Å². The van der Waals surface area contributed by atoms with Gasteiger partial charge in [-0.1, -0.05) is 18.6 Å². The lowest BCUT2D eigenvalue weighted by atomic mass is 10.1. The van der Waals surface area contributed by atoms with Crippen LogP contribution in [0.3, 0.4) is 0 Å². The molecular weight excluding hydrogens is 255 g/mol. The molecule has 1 unspecified atom stereocenters. The average Bonchev–Trinajstić information content (AvgIpc) is 2.93. The molecule has 1 aromatic carbocycles. The number of aromatic hydroxyl groups is 1. The van der Waals surface area contributed by atoms with Gasteiger partial charge in [-0.15, -0.1) is 0 Å². The number of hydrogen-bond acceptors (Lipinski definition) is 3. The third-order valence-corrected chi connectivity index (χ3v) is 4.62. The number of nitrogens with zero attached hydrogens (tertiary/aromatic N) is 2. The first-order valence-corrected chi connectivity index (χ1v) is 7.67.